The van der Waals surface area contributed by atoms with Gasteiger partial charge in [0.25, 0.3) is 0 Å². The Labute approximate surface area is 168 Å². The number of hydrogen-bond donors (Lipinski definition) is 3. The summed E-state index contributed by atoms with van der Waals surface area (Å²) < 4.78 is 9.97. The van der Waals surface area contributed by atoms with Gasteiger partial charge in [0.15, 0.2) is 0 Å². The van der Waals surface area contributed by atoms with Crippen molar-refractivity contribution in [1.82, 2.24) is 0 Å². The number of hydrogen-bond acceptors (Lipinski definition) is 5. The highest BCUT2D eigenvalue weighted by Crippen LogP contribution is 2.49. The molecule has 0 fully saturated rings. The summed E-state index contributed by atoms with van der Waals surface area (Å²) in [5, 5.41) is 3.08. The van der Waals surface area contributed by atoms with Crippen LogP contribution in [0.25, 0.3) is 0 Å². The lowest BCUT2D eigenvalue weighted by molar-refractivity contribution is -0.118. The molecule has 27 heavy (non-hydrogen) atoms. The number of anilines is 1. The number of rotatable bonds is 4. The van der Waals surface area contributed by atoms with Gasteiger partial charge in [0.2, 0.25) is 5.91 Å². The van der Waals surface area contributed by atoms with Gasteiger partial charge in [-0.1, -0.05) is 42.5 Å². The number of carbonyl (C=O) groups excluding carboxylic acids is 1. The molecule has 1 aliphatic heterocycles. The minimum absolute atomic E-state index is 0.0918. The molecule has 136 valence electrons. The lowest BCUT2D eigenvalue weighted by Gasteiger charge is -2.29. The number of fused-ring (bicyclic) bond motifs is 1. The lowest BCUT2D eigenvalue weighted by atomic mass is 9.70. The van der Waals surface area contributed by atoms with Gasteiger partial charge in [-0.25, -0.2) is 0 Å². The third-order valence-corrected chi connectivity index (χ3v) is 5.46. The molecule has 4 nitrogen and oxygen atoms in total. The Hall–Kier alpha value is -2.57. The fourth-order valence-electron chi connectivity index (χ4n) is 3.75. The molecular weight excluding hydrogens is 378 g/mol. The van der Waals surface area contributed by atoms with Crippen molar-refractivity contribution in [2.75, 3.05) is 5.32 Å². The molecule has 0 radical (unpaired) electrons. The minimum Gasteiger partial charge on any atom is -0.429 e. The topological polar surface area (TPSA) is 47.6 Å². The van der Waals surface area contributed by atoms with Gasteiger partial charge in [-0.2, -0.15) is 0 Å². The predicted octanol–water partition coefficient (Wildman–Crippen LogP) is 4.73. The number of aryl methyl sites for hydroxylation is 1. The van der Waals surface area contributed by atoms with Crippen LogP contribution in [0.4, 0.5) is 5.69 Å². The first-order valence-corrected chi connectivity index (χ1v) is 9.09. The number of carbonyl (C=O) groups is 1. The van der Waals surface area contributed by atoms with E-state index < -0.39 is 5.41 Å². The van der Waals surface area contributed by atoms with Gasteiger partial charge in [0.1, 0.15) is 16.9 Å². The molecule has 0 atom stereocenters. The van der Waals surface area contributed by atoms with E-state index in [1.54, 1.807) is 24.3 Å². The maximum atomic E-state index is 13.4. The van der Waals surface area contributed by atoms with Gasteiger partial charge in [-0.05, 0) is 47.9 Å². The Morgan fingerprint density at radius 2 is 1.33 bits per heavy atom. The molecule has 1 aliphatic rings. The van der Waals surface area contributed by atoms with Crippen LogP contribution in [-0.2, 0) is 10.2 Å². The fraction of sp³-hybridized carbons (Fsp3) is 0.0952. The molecule has 3 aromatic carbocycles. The smallest absolute Gasteiger partial charge is 0.244 e. The zero-order valence-electron chi connectivity index (χ0n) is 14.5. The molecule has 0 unspecified atom stereocenters. The van der Waals surface area contributed by atoms with Crippen molar-refractivity contribution in [3.05, 3.63) is 89.0 Å². The average Bonchev–Trinajstić information content (AvgIpc) is 3.02. The third-order valence-electron chi connectivity index (χ3n) is 5.04. The molecule has 1 heterocycles. The highest BCUT2D eigenvalue weighted by Gasteiger charge is 2.50. The van der Waals surface area contributed by atoms with Gasteiger partial charge in [0.05, 0.1) is 0 Å². The molecule has 0 aromatic heterocycles. The van der Waals surface area contributed by atoms with E-state index in [1.807, 2.05) is 49.4 Å². The van der Waals surface area contributed by atoms with E-state index in [-0.39, 0.29) is 5.91 Å². The van der Waals surface area contributed by atoms with Gasteiger partial charge in [-0.3, -0.25) is 4.79 Å². The van der Waals surface area contributed by atoms with Crippen molar-refractivity contribution >= 4 is 37.4 Å². The number of thiol groups is 2. The van der Waals surface area contributed by atoms with E-state index >= 15 is 0 Å². The maximum absolute atomic E-state index is 13.4. The standard InChI is InChI=1S/C21H17NO3S2/c1-13-3-2-4-18-19(13)22-20(23)21(18,14-5-9-16(24-26)10-6-14)15-7-11-17(25-27)12-8-15/h2-12,26-27H,1H3,(H,22,23). The molecule has 0 aliphatic carbocycles. The first-order chi connectivity index (χ1) is 13.1. The Kier molecular flexibility index (Phi) is 4.53. The maximum Gasteiger partial charge on any atom is 0.244 e. The molecule has 0 saturated carbocycles. The molecule has 6 heteroatoms. The Balaban J connectivity index is 2.01. The Morgan fingerprint density at radius 3 is 1.81 bits per heavy atom. The van der Waals surface area contributed by atoms with E-state index in [0.717, 1.165) is 27.9 Å². The lowest BCUT2D eigenvalue weighted by Crippen LogP contribution is -2.36. The van der Waals surface area contributed by atoms with Crippen molar-refractivity contribution in [2.45, 2.75) is 12.3 Å². The van der Waals surface area contributed by atoms with Crippen molar-refractivity contribution in [2.24, 2.45) is 0 Å². The summed E-state index contributed by atoms with van der Waals surface area (Å²) in [4.78, 5) is 13.4. The van der Waals surface area contributed by atoms with E-state index in [0.29, 0.717) is 11.5 Å². The third kappa shape index (κ3) is 2.67. The zero-order valence-corrected chi connectivity index (χ0v) is 16.3. The van der Waals surface area contributed by atoms with Crippen molar-refractivity contribution < 1.29 is 13.2 Å². The Bertz CT molecular complexity index is 953. The van der Waals surface area contributed by atoms with Crippen LogP contribution in [0.15, 0.2) is 66.7 Å². The molecule has 1 amide bonds. The number of para-hydroxylation sites is 1. The first kappa shape index (κ1) is 17.8. The Morgan fingerprint density at radius 1 is 0.815 bits per heavy atom. The summed E-state index contributed by atoms with van der Waals surface area (Å²) in [6.45, 7) is 1.99. The van der Waals surface area contributed by atoms with Crippen molar-refractivity contribution in [1.29, 1.82) is 0 Å². The summed E-state index contributed by atoms with van der Waals surface area (Å²) in [5.74, 6) is 1.13. The normalized spacial score (nSPS) is 14.4. The van der Waals surface area contributed by atoms with Crippen LogP contribution in [0.1, 0.15) is 22.3 Å². The van der Waals surface area contributed by atoms with Crippen LogP contribution in [0.5, 0.6) is 11.5 Å². The second-order valence-corrected chi connectivity index (χ2v) is 6.80. The molecule has 0 saturated heterocycles. The van der Waals surface area contributed by atoms with Crippen molar-refractivity contribution in [3.8, 4) is 11.5 Å². The minimum atomic E-state index is -0.967. The van der Waals surface area contributed by atoms with Crippen LogP contribution in [0.2, 0.25) is 0 Å². The molecule has 3 aromatic rings. The molecule has 1 N–H and O–H groups in total. The highest BCUT2D eigenvalue weighted by molar-refractivity contribution is 7.75. The van der Waals surface area contributed by atoms with Crippen molar-refractivity contribution in [3.63, 3.8) is 0 Å². The van der Waals surface area contributed by atoms with E-state index in [4.69, 9.17) is 8.37 Å². The number of nitrogens with one attached hydrogen (secondary N) is 1. The predicted molar refractivity (Wildman–Crippen MR) is 112 cm³/mol. The molecule has 0 spiro atoms. The number of amides is 1. The molecular formula is C21H17NO3S2. The van der Waals surface area contributed by atoms with Crippen LogP contribution in [0, 0.1) is 6.92 Å². The van der Waals surface area contributed by atoms with Crippen LogP contribution >= 0.6 is 25.8 Å². The second-order valence-electron chi connectivity index (χ2n) is 6.43. The summed E-state index contributed by atoms with van der Waals surface area (Å²) in [6.07, 6.45) is 0. The van der Waals surface area contributed by atoms with Gasteiger partial charge < -0.3 is 13.7 Å². The summed E-state index contributed by atoms with van der Waals surface area (Å²) in [7, 11) is 0. The van der Waals surface area contributed by atoms with Crippen LogP contribution in [-0.4, -0.2) is 5.91 Å². The van der Waals surface area contributed by atoms with Gasteiger partial charge >= 0.3 is 0 Å². The summed E-state index contributed by atoms with van der Waals surface area (Å²) in [6, 6.07) is 20.7. The summed E-state index contributed by atoms with van der Waals surface area (Å²) >= 11 is 7.69. The monoisotopic (exact) mass is 395 g/mol. The van der Waals surface area contributed by atoms with Gasteiger partial charge in [-0.15, -0.1) is 0 Å². The van der Waals surface area contributed by atoms with E-state index in [9.17, 15) is 4.79 Å². The van der Waals surface area contributed by atoms with E-state index in [2.05, 4.69) is 31.1 Å². The SMILES string of the molecule is Cc1cccc2c1NC(=O)C2(c1ccc(OS)cc1)c1ccc(OS)cc1. The number of benzene rings is 3. The highest BCUT2D eigenvalue weighted by atomic mass is 32.1. The van der Waals surface area contributed by atoms with Crippen LogP contribution in [0.3, 0.4) is 0 Å². The van der Waals surface area contributed by atoms with E-state index in [1.165, 1.54) is 0 Å². The molecule has 0 bridgehead atoms. The largest absolute Gasteiger partial charge is 0.429 e. The first-order valence-electron chi connectivity index (χ1n) is 8.36. The second kappa shape index (κ2) is 6.87. The zero-order chi connectivity index (χ0) is 19.0. The summed E-state index contributed by atoms with van der Waals surface area (Å²) in [5.41, 5.74) is 3.52. The van der Waals surface area contributed by atoms with Gasteiger partial charge in [0, 0.05) is 37.1 Å². The fourth-order valence-corrected chi connectivity index (χ4v) is 3.99. The van der Waals surface area contributed by atoms with Crippen LogP contribution < -0.4 is 13.7 Å². The molecule has 4 rings (SSSR count). The average molecular weight is 396 g/mol. The quantitative estimate of drug-likeness (QED) is 0.442.